The van der Waals surface area contributed by atoms with Crippen LogP contribution in [0.1, 0.15) is 12.8 Å². The Balaban J connectivity index is 2.36. The molecule has 0 radical (unpaired) electrons. The minimum atomic E-state index is 0.515. The first kappa shape index (κ1) is 7.74. The zero-order valence-corrected chi connectivity index (χ0v) is 6.33. The molecule has 0 unspecified atom stereocenters. The van der Waals surface area contributed by atoms with Gasteiger partial charge >= 0.3 is 0 Å². The Morgan fingerprint density at radius 2 is 2.45 bits per heavy atom. The van der Waals surface area contributed by atoms with Gasteiger partial charge in [-0.15, -0.1) is 0 Å². The molecule has 2 heteroatoms. The van der Waals surface area contributed by atoms with Gasteiger partial charge in [0.25, 0.3) is 0 Å². The molecule has 0 amide bonds. The number of rotatable bonds is 2. The largest absolute Gasteiger partial charge is 0.288 e. The lowest BCUT2D eigenvalue weighted by molar-refractivity contribution is 1.01. The Morgan fingerprint density at radius 1 is 1.55 bits per heavy atom. The number of nitrogens with zero attached hydrogens (tertiary/aromatic N) is 2. The smallest absolute Gasteiger partial charge is 0.0641 e. The van der Waals surface area contributed by atoms with E-state index in [1.54, 1.807) is 0 Å². The Bertz CT molecular complexity index is 241. The fourth-order valence-corrected chi connectivity index (χ4v) is 0.869. The number of nitriles is 1. The molecule has 56 valence electrons. The molecule has 0 aromatic carbocycles. The maximum absolute atomic E-state index is 8.24. The van der Waals surface area contributed by atoms with E-state index >= 15 is 0 Å². The molecule has 0 saturated heterocycles. The number of allylic oxidation sites excluding steroid dienone is 4. The molecule has 11 heavy (non-hydrogen) atoms. The highest BCUT2D eigenvalue weighted by atomic mass is 14.7. The topological polar surface area (TPSA) is 36.1 Å². The number of aliphatic imine (C=N–C) groups is 1. The zero-order valence-electron chi connectivity index (χ0n) is 6.33. The third-order valence-corrected chi connectivity index (χ3v) is 1.40. The molecule has 0 aliphatic heterocycles. The maximum atomic E-state index is 8.24. The normalized spacial score (nSPS) is 18.6. The van der Waals surface area contributed by atoms with Crippen molar-refractivity contribution in [2.45, 2.75) is 12.8 Å². The third-order valence-electron chi connectivity index (χ3n) is 1.40. The monoisotopic (exact) mass is 146 g/mol. The molecule has 1 aliphatic carbocycles. The zero-order chi connectivity index (χ0) is 7.94. The van der Waals surface area contributed by atoms with Crippen LogP contribution in [0.25, 0.3) is 0 Å². The summed E-state index contributed by atoms with van der Waals surface area (Å²) in [6.45, 7) is 0.629. The van der Waals surface area contributed by atoms with Gasteiger partial charge in [0.2, 0.25) is 0 Å². The summed E-state index contributed by atoms with van der Waals surface area (Å²) in [6, 6.07) is 2.06. The van der Waals surface area contributed by atoms with Crippen molar-refractivity contribution in [1.29, 1.82) is 5.26 Å². The molecule has 0 heterocycles. The number of hydrogen-bond donors (Lipinski definition) is 0. The van der Waals surface area contributed by atoms with E-state index in [9.17, 15) is 0 Å². The van der Waals surface area contributed by atoms with Crippen LogP contribution in [0, 0.1) is 11.3 Å². The first-order valence-electron chi connectivity index (χ1n) is 3.67. The second-order valence-electron chi connectivity index (χ2n) is 2.27. The van der Waals surface area contributed by atoms with E-state index in [0.717, 1.165) is 12.1 Å². The molecule has 0 aromatic rings. The van der Waals surface area contributed by atoms with E-state index in [2.05, 4.69) is 17.1 Å². The van der Waals surface area contributed by atoms with Crippen molar-refractivity contribution in [2.24, 2.45) is 4.99 Å². The summed E-state index contributed by atoms with van der Waals surface area (Å²) in [5, 5.41) is 8.24. The van der Waals surface area contributed by atoms with Crippen molar-refractivity contribution in [3.8, 4) is 6.07 Å². The molecule has 0 fully saturated rings. The predicted octanol–water partition coefficient (Wildman–Crippen LogP) is 1.86. The molecule has 0 spiro atoms. The van der Waals surface area contributed by atoms with Crippen LogP contribution in [0.15, 0.2) is 29.3 Å². The molecule has 2 nitrogen and oxygen atoms in total. The fraction of sp³-hybridized carbons (Fsp3) is 0.333. The van der Waals surface area contributed by atoms with Crippen LogP contribution in [-0.4, -0.2) is 12.3 Å². The lowest BCUT2D eigenvalue weighted by atomic mass is 10.1. The average molecular weight is 146 g/mol. The SMILES string of the molecule is N#CCCN=C1C=CC=CC1. The van der Waals surface area contributed by atoms with E-state index in [1.165, 1.54) is 0 Å². The average Bonchev–Trinajstić information content (AvgIpc) is 2.07. The summed E-state index contributed by atoms with van der Waals surface area (Å²) in [5.41, 5.74) is 1.07. The van der Waals surface area contributed by atoms with Gasteiger partial charge in [0, 0.05) is 12.1 Å². The van der Waals surface area contributed by atoms with E-state index in [-0.39, 0.29) is 0 Å². The minimum Gasteiger partial charge on any atom is -0.288 e. The van der Waals surface area contributed by atoms with E-state index in [0.29, 0.717) is 13.0 Å². The first-order valence-corrected chi connectivity index (χ1v) is 3.67. The van der Waals surface area contributed by atoms with Crippen molar-refractivity contribution in [2.75, 3.05) is 6.54 Å². The van der Waals surface area contributed by atoms with Gasteiger partial charge in [0.05, 0.1) is 19.0 Å². The predicted molar refractivity (Wildman–Crippen MR) is 45.4 cm³/mol. The van der Waals surface area contributed by atoms with Crippen molar-refractivity contribution < 1.29 is 0 Å². The maximum Gasteiger partial charge on any atom is 0.0641 e. The highest BCUT2D eigenvalue weighted by molar-refractivity contribution is 5.97. The highest BCUT2D eigenvalue weighted by Gasteiger charge is 1.93. The van der Waals surface area contributed by atoms with E-state index in [4.69, 9.17) is 5.26 Å². The van der Waals surface area contributed by atoms with Crippen LogP contribution >= 0.6 is 0 Å². The quantitative estimate of drug-likeness (QED) is 0.548. The summed E-state index contributed by atoms with van der Waals surface area (Å²) >= 11 is 0. The first-order chi connectivity index (χ1) is 5.43. The molecule has 1 aliphatic rings. The van der Waals surface area contributed by atoms with Crippen LogP contribution in [0.2, 0.25) is 0 Å². The van der Waals surface area contributed by atoms with Gasteiger partial charge in [0.15, 0.2) is 0 Å². The molecule has 1 rings (SSSR count). The molecular formula is C9H10N2. The van der Waals surface area contributed by atoms with Gasteiger partial charge in [-0.1, -0.05) is 18.2 Å². The number of hydrogen-bond acceptors (Lipinski definition) is 2. The van der Waals surface area contributed by atoms with Crippen molar-refractivity contribution in [1.82, 2.24) is 0 Å². The highest BCUT2D eigenvalue weighted by Crippen LogP contribution is 1.99. The van der Waals surface area contributed by atoms with Crippen molar-refractivity contribution >= 4 is 5.71 Å². The lowest BCUT2D eigenvalue weighted by Crippen LogP contribution is -1.95. The van der Waals surface area contributed by atoms with Crippen molar-refractivity contribution in [3.63, 3.8) is 0 Å². The minimum absolute atomic E-state index is 0.515. The Morgan fingerprint density at radius 3 is 3.09 bits per heavy atom. The Kier molecular flexibility index (Phi) is 3.14. The lowest BCUT2D eigenvalue weighted by Gasteiger charge is -1.98. The molecule has 0 aromatic heterocycles. The molecule has 0 bridgehead atoms. The van der Waals surface area contributed by atoms with Gasteiger partial charge in [0.1, 0.15) is 0 Å². The summed E-state index contributed by atoms with van der Waals surface area (Å²) in [6.07, 6.45) is 9.43. The van der Waals surface area contributed by atoms with E-state index in [1.807, 2.05) is 18.2 Å². The summed E-state index contributed by atoms with van der Waals surface area (Å²) in [5.74, 6) is 0. The summed E-state index contributed by atoms with van der Waals surface area (Å²) in [4.78, 5) is 4.23. The molecular weight excluding hydrogens is 136 g/mol. The van der Waals surface area contributed by atoms with E-state index < -0.39 is 0 Å². The fourth-order valence-electron chi connectivity index (χ4n) is 0.869. The standard InChI is InChI=1S/C9H10N2/c10-7-4-8-11-9-5-2-1-3-6-9/h1-3,5H,4,6,8H2. The Hall–Kier alpha value is -1.36. The molecule has 0 N–H and O–H groups in total. The van der Waals surface area contributed by atoms with Gasteiger partial charge in [-0.05, 0) is 6.08 Å². The van der Waals surface area contributed by atoms with Crippen LogP contribution in [0.4, 0.5) is 0 Å². The van der Waals surface area contributed by atoms with Crippen molar-refractivity contribution in [3.05, 3.63) is 24.3 Å². The van der Waals surface area contributed by atoms with Crippen LogP contribution in [0.3, 0.4) is 0 Å². The van der Waals surface area contributed by atoms with Gasteiger partial charge in [-0.2, -0.15) is 5.26 Å². The summed E-state index contributed by atoms with van der Waals surface area (Å²) < 4.78 is 0. The molecule has 0 saturated carbocycles. The van der Waals surface area contributed by atoms with Gasteiger partial charge in [-0.3, -0.25) is 4.99 Å². The second-order valence-corrected chi connectivity index (χ2v) is 2.27. The third kappa shape index (κ3) is 2.81. The van der Waals surface area contributed by atoms with Crippen LogP contribution in [-0.2, 0) is 0 Å². The Labute approximate surface area is 66.6 Å². The van der Waals surface area contributed by atoms with Crippen LogP contribution < -0.4 is 0 Å². The van der Waals surface area contributed by atoms with Gasteiger partial charge in [-0.25, -0.2) is 0 Å². The second kappa shape index (κ2) is 4.45. The van der Waals surface area contributed by atoms with Crippen LogP contribution in [0.5, 0.6) is 0 Å². The molecule has 0 atom stereocenters. The summed E-state index contributed by atoms with van der Waals surface area (Å²) in [7, 11) is 0. The van der Waals surface area contributed by atoms with Gasteiger partial charge < -0.3 is 0 Å².